The quantitative estimate of drug-likeness (QED) is 0.868. The van der Waals surface area contributed by atoms with E-state index in [0.29, 0.717) is 16.8 Å². The van der Waals surface area contributed by atoms with Crippen LogP contribution in [0.3, 0.4) is 0 Å². The molecule has 0 atom stereocenters. The first-order valence-electron chi connectivity index (χ1n) is 5.49. The number of hydrogen-bond acceptors (Lipinski definition) is 2. The van der Waals surface area contributed by atoms with Gasteiger partial charge in [0.1, 0.15) is 18.2 Å². The van der Waals surface area contributed by atoms with E-state index in [0.717, 1.165) is 16.9 Å². The number of anilines is 1. The molecule has 0 amide bonds. The van der Waals surface area contributed by atoms with Crippen LogP contribution in [-0.2, 0) is 6.61 Å². The number of rotatable bonds is 3. The zero-order chi connectivity index (χ0) is 13.1. The minimum absolute atomic E-state index is 0.272. The lowest BCUT2D eigenvalue weighted by atomic mass is 10.2. The summed E-state index contributed by atoms with van der Waals surface area (Å²) < 4.78 is 19.3. The van der Waals surface area contributed by atoms with Crippen LogP contribution >= 0.6 is 15.9 Å². The molecule has 0 saturated heterocycles. The molecule has 2 N–H and O–H groups in total. The molecule has 0 aliphatic rings. The van der Waals surface area contributed by atoms with E-state index in [1.165, 1.54) is 12.1 Å². The topological polar surface area (TPSA) is 35.2 Å². The summed E-state index contributed by atoms with van der Waals surface area (Å²) in [6, 6.07) is 10.1. The van der Waals surface area contributed by atoms with E-state index in [1.54, 1.807) is 12.1 Å². The second-order valence-corrected chi connectivity index (χ2v) is 4.90. The Morgan fingerprint density at radius 1 is 1.22 bits per heavy atom. The fourth-order valence-electron chi connectivity index (χ4n) is 1.57. The van der Waals surface area contributed by atoms with Crippen molar-refractivity contribution in [2.45, 2.75) is 13.5 Å². The smallest absolute Gasteiger partial charge is 0.124 e. The number of benzene rings is 2. The summed E-state index contributed by atoms with van der Waals surface area (Å²) in [7, 11) is 0. The summed E-state index contributed by atoms with van der Waals surface area (Å²) in [4.78, 5) is 0. The van der Waals surface area contributed by atoms with E-state index in [4.69, 9.17) is 10.5 Å². The molecule has 18 heavy (non-hydrogen) atoms. The second-order valence-electron chi connectivity index (χ2n) is 4.05. The third kappa shape index (κ3) is 3.01. The highest BCUT2D eigenvalue weighted by molar-refractivity contribution is 9.10. The van der Waals surface area contributed by atoms with Crippen molar-refractivity contribution in [2.75, 3.05) is 5.73 Å². The lowest BCUT2D eigenvalue weighted by Gasteiger charge is -2.11. The number of hydrogen-bond donors (Lipinski definition) is 1. The normalized spacial score (nSPS) is 10.4. The first-order chi connectivity index (χ1) is 8.56. The van der Waals surface area contributed by atoms with E-state index in [2.05, 4.69) is 15.9 Å². The molecule has 0 aromatic heterocycles. The minimum atomic E-state index is -0.272. The zero-order valence-electron chi connectivity index (χ0n) is 9.91. The zero-order valence-corrected chi connectivity index (χ0v) is 11.5. The van der Waals surface area contributed by atoms with E-state index in [1.807, 2.05) is 19.1 Å². The summed E-state index contributed by atoms with van der Waals surface area (Å²) in [5.41, 5.74) is 8.27. The van der Waals surface area contributed by atoms with Gasteiger partial charge in [-0.2, -0.15) is 0 Å². The van der Waals surface area contributed by atoms with Crippen LogP contribution < -0.4 is 10.5 Å². The van der Waals surface area contributed by atoms with E-state index in [9.17, 15) is 4.39 Å². The van der Waals surface area contributed by atoms with Gasteiger partial charge in [0.25, 0.3) is 0 Å². The van der Waals surface area contributed by atoms with Gasteiger partial charge >= 0.3 is 0 Å². The molecule has 0 radical (unpaired) electrons. The van der Waals surface area contributed by atoms with Gasteiger partial charge < -0.3 is 10.5 Å². The lowest BCUT2D eigenvalue weighted by Crippen LogP contribution is -1.99. The van der Waals surface area contributed by atoms with Crippen LogP contribution in [0.25, 0.3) is 0 Å². The van der Waals surface area contributed by atoms with Crippen molar-refractivity contribution in [1.29, 1.82) is 0 Å². The van der Waals surface area contributed by atoms with Crippen molar-refractivity contribution in [1.82, 2.24) is 0 Å². The fraction of sp³-hybridized carbons (Fsp3) is 0.143. The summed E-state index contributed by atoms with van der Waals surface area (Å²) in [6.07, 6.45) is 0. The van der Waals surface area contributed by atoms with Crippen molar-refractivity contribution >= 4 is 21.6 Å². The van der Waals surface area contributed by atoms with Gasteiger partial charge in [0.05, 0.1) is 0 Å². The van der Waals surface area contributed by atoms with Crippen LogP contribution in [0, 0.1) is 12.7 Å². The lowest BCUT2D eigenvalue weighted by molar-refractivity contribution is 0.303. The van der Waals surface area contributed by atoms with E-state index >= 15 is 0 Å². The molecule has 0 fully saturated rings. The van der Waals surface area contributed by atoms with Crippen LogP contribution in [0.2, 0.25) is 0 Å². The Kier molecular flexibility index (Phi) is 3.87. The molecular weight excluding hydrogens is 297 g/mol. The Balaban J connectivity index is 2.13. The van der Waals surface area contributed by atoms with Crippen molar-refractivity contribution in [3.05, 3.63) is 57.8 Å². The standard InChI is InChI=1S/C14H13BrFNO/c1-9-2-5-12(17)7-14(9)18-8-10-3-4-11(16)6-13(10)15/h2-7H,8,17H2,1H3. The molecule has 0 aliphatic heterocycles. The van der Waals surface area contributed by atoms with E-state index in [-0.39, 0.29) is 5.82 Å². The Bertz CT molecular complexity index is 572. The molecule has 4 heteroatoms. The van der Waals surface area contributed by atoms with Gasteiger partial charge in [-0.15, -0.1) is 0 Å². The molecule has 2 nitrogen and oxygen atoms in total. The van der Waals surface area contributed by atoms with Gasteiger partial charge in [-0.3, -0.25) is 0 Å². The third-order valence-corrected chi connectivity index (χ3v) is 3.35. The average molecular weight is 310 g/mol. The van der Waals surface area contributed by atoms with Crippen LogP contribution in [-0.4, -0.2) is 0 Å². The molecule has 0 spiro atoms. The largest absolute Gasteiger partial charge is 0.489 e. The highest BCUT2D eigenvalue weighted by Gasteiger charge is 2.04. The number of nitrogens with two attached hydrogens (primary N) is 1. The molecule has 2 aromatic rings. The minimum Gasteiger partial charge on any atom is -0.489 e. The highest BCUT2D eigenvalue weighted by atomic mass is 79.9. The van der Waals surface area contributed by atoms with Gasteiger partial charge in [0.2, 0.25) is 0 Å². The number of halogens is 2. The number of aryl methyl sites for hydroxylation is 1. The number of ether oxygens (including phenoxy) is 1. The molecule has 0 bridgehead atoms. The first kappa shape index (κ1) is 12.9. The van der Waals surface area contributed by atoms with Crippen LogP contribution in [0.15, 0.2) is 40.9 Å². The maximum absolute atomic E-state index is 12.9. The Hall–Kier alpha value is -1.55. The predicted octanol–water partition coefficient (Wildman–Crippen LogP) is 4.06. The monoisotopic (exact) mass is 309 g/mol. The molecule has 0 unspecified atom stereocenters. The molecular formula is C14H13BrFNO. The van der Waals surface area contributed by atoms with Crippen molar-refractivity contribution in [2.24, 2.45) is 0 Å². The maximum Gasteiger partial charge on any atom is 0.124 e. The summed E-state index contributed by atoms with van der Waals surface area (Å²) in [5, 5.41) is 0. The van der Waals surface area contributed by atoms with E-state index < -0.39 is 0 Å². The van der Waals surface area contributed by atoms with Gasteiger partial charge in [0.15, 0.2) is 0 Å². The Morgan fingerprint density at radius 2 is 2.00 bits per heavy atom. The van der Waals surface area contributed by atoms with Gasteiger partial charge in [-0.25, -0.2) is 4.39 Å². The molecule has 94 valence electrons. The predicted molar refractivity (Wildman–Crippen MR) is 74.0 cm³/mol. The second kappa shape index (κ2) is 5.40. The molecule has 0 saturated carbocycles. The molecule has 2 rings (SSSR count). The first-order valence-corrected chi connectivity index (χ1v) is 6.28. The highest BCUT2D eigenvalue weighted by Crippen LogP contribution is 2.24. The van der Waals surface area contributed by atoms with Crippen molar-refractivity contribution in [3.63, 3.8) is 0 Å². The van der Waals surface area contributed by atoms with Crippen molar-refractivity contribution < 1.29 is 9.13 Å². The van der Waals surface area contributed by atoms with Crippen molar-refractivity contribution in [3.8, 4) is 5.75 Å². The van der Waals surface area contributed by atoms with Gasteiger partial charge in [0, 0.05) is 21.8 Å². The maximum atomic E-state index is 12.9. The van der Waals surface area contributed by atoms with Crippen LogP contribution in [0.1, 0.15) is 11.1 Å². The van der Waals surface area contributed by atoms with Gasteiger partial charge in [-0.1, -0.05) is 28.1 Å². The fourth-order valence-corrected chi connectivity index (χ4v) is 2.03. The molecule has 0 heterocycles. The summed E-state index contributed by atoms with van der Waals surface area (Å²) >= 11 is 3.31. The SMILES string of the molecule is Cc1ccc(N)cc1OCc1ccc(F)cc1Br. The Morgan fingerprint density at radius 3 is 2.72 bits per heavy atom. The molecule has 0 aliphatic carbocycles. The third-order valence-electron chi connectivity index (χ3n) is 2.61. The summed E-state index contributed by atoms with van der Waals surface area (Å²) in [5.74, 6) is 0.469. The molecule has 2 aromatic carbocycles. The average Bonchev–Trinajstić information content (AvgIpc) is 2.32. The Labute approximate surface area is 114 Å². The number of nitrogen functional groups attached to an aromatic ring is 1. The summed E-state index contributed by atoms with van der Waals surface area (Å²) in [6.45, 7) is 2.32. The van der Waals surface area contributed by atoms with Crippen LogP contribution in [0.4, 0.5) is 10.1 Å². The van der Waals surface area contributed by atoms with Gasteiger partial charge in [-0.05, 0) is 30.7 Å². The van der Waals surface area contributed by atoms with Crippen LogP contribution in [0.5, 0.6) is 5.75 Å².